The van der Waals surface area contributed by atoms with Crippen LogP contribution in [0.5, 0.6) is 0 Å². The SMILES string of the molecule is Cl.NC(N)=Nc1nc(C(=O)NCC(=O)NC(CC(=O)O)c2ccccc2)cs1. The molecule has 150 valence electrons. The number of aliphatic carboxylic acids is 1. The van der Waals surface area contributed by atoms with E-state index in [1.165, 1.54) is 5.38 Å². The lowest BCUT2D eigenvalue weighted by Crippen LogP contribution is -2.39. The summed E-state index contributed by atoms with van der Waals surface area (Å²) in [5.74, 6) is -2.34. The third-order valence-corrected chi connectivity index (χ3v) is 4.01. The molecule has 12 heteroatoms. The minimum absolute atomic E-state index is 0. The molecule has 1 aromatic heterocycles. The van der Waals surface area contributed by atoms with Crippen molar-refractivity contribution in [2.45, 2.75) is 12.5 Å². The van der Waals surface area contributed by atoms with Gasteiger partial charge in [-0.3, -0.25) is 14.4 Å². The second kappa shape index (κ2) is 10.8. The van der Waals surface area contributed by atoms with Crippen LogP contribution in [0.4, 0.5) is 5.13 Å². The van der Waals surface area contributed by atoms with Crippen LogP contribution >= 0.6 is 23.7 Å². The summed E-state index contributed by atoms with van der Waals surface area (Å²) in [6.45, 7) is -0.336. The highest BCUT2D eigenvalue weighted by Gasteiger charge is 2.19. The number of hydrogen-bond acceptors (Lipinski definition) is 6. The number of carbonyl (C=O) groups is 3. The van der Waals surface area contributed by atoms with E-state index in [1.807, 2.05) is 0 Å². The fourth-order valence-corrected chi connectivity index (χ4v) is 2.82. The van der Waals surface area contributed by atoms with Crippen molar-refractivity contribution < 1.29 is 19.5 Å². The van der Waals surface area contributed by atoms with Crippen molar-refractivity contribution in [1.29, 1.82) is 0 Å². The molecule has 0 fully saturated rings. The molecule has 0 saturated carbocycles. The summed E-state index contributed by atoms with van der Waals surface area (Å²) in [6, 6.07) is 8.00. The van der Waals surface area contributed by atoms with Gasteiger partial charge >= 0.3 is 5.97 Å². The first-order valence-electron chi connectivity index (χ1n) is 7.74. The number of benzene rings is 1. The molecule has 2 aromatic rings. The number of carboxylic acid groups (broad SMARTS) is 1. The summed E-state index contributed by atoms with van der Waals surface area (Å²) < 4.78 is 0. The van der Waals surface area contributed by atoms with Gasteiger partial charge in [0.2, 0.25) is 11.0 Å². The third-order valence-electron chi connectivity index (χ3n) is 3.27. The van der Waals surface area contributed by atoms with Crippen LogP contribution < -0.4 is 22.1 Å². The Bertz CT molecular complexity index is 854. The highest BCUT2D eigenvalue weighted by molar-refractivity contribution is 7.13. The minimum atomic E-state index is -1.05. The Kier molecular flexibility index (Phi) is 8.85. The Balaban J connectivity index is 0.00000392. The second-order valence-corrected chi connectivity index (χ2v) is 6.20. The molecule has 0 radical (unpaired) electrons. The molecule has 10 nitrogen and oxygen atoms in total. The fourth-order valence-electron chi connectivity index (χ4n) is 2.14. The molecule has 0 spiro atoms. The Morgan fingerprint density at radius 1 is 1.21 bits per heavy atom. The monoisotopic (exact) mass is 426 g/mol. The van der Waals surface area contributed by atoms with Crippen molar-refractivity contribution >= 4 is 52.6 Å². The summed E-state index contributed by atoms with van der Waals surface area (Å²) in [4.78, 5) is 42.8. The molecule has 0 aliphatic rings. The van der Waals surface area contributed by atoms with Crippen molar-refractivity contribution in [2.75, 3.05) is 6.54 Å². The van der Waals surface area contributed by atoms with Crippen LogP contribution in [0.2, 0.25) is 0 Å². The van der Waals surface area contributed by atoms with Crippen LogP contribution in [0.1, 0.15) is 28.5 Å². The largest absolute Gasteiger partial charge is 0.481 e. The lowest BCUT2D eigenvalue weighted by molar-refractivity contribution is -0.137. The van der Waals surface area contributed by atoms with Crippen molar-refractivity contribution in [3.8, 4) is 0 Å². The highest BCUT2D eigenvalue weighted by Crippen LogP contribution is 2.18. The molecule has 1 heterocycles. The van der Waals surface area contributed by atoms with Gasteiger partial charge in [-0.1, -0.05) is 30.3 Å². The Morgan fingerprint density at radius 2 is 1.89 bits per heavy atom. The van der Waals surface area contributed by atoms with E-state index < -0.39 is 23.8 Å². The molecule has 0 bridgehead atoms. The first-order chi connectivity index (χ1) is 12.8. The quantitative estimate of drug-likeness (QED) is 0.302. The van der Waals surface area contributed by atoms with Gasteiger partial charge in [-0.25, -0.2) is 4.98 Å². The molecule has 2 amide bonds. The van der Waals surface area contributed by atoms with E-state index in [2.05, 4.69) is 20.6 Å². The summed E-state index contributed by atoms with van der Waals surface area (Å²) in [7, 11) is 0. The molecule has 2 rings (SSSR count). The van der Waals surface area contributed by atoms with Crippen molar-refractivity contribution in [1.82, 2.24) is 15.6 Å². The lowest BCUT2D eigenvalue weighted by Gasteiger charge is -2.17. The number of nitrogens with zero attached hydrogens (tertiary/aromatic N) is 2. The predicted molar refractivity (Wildman–Crippen MR) is 107 cm³/mol. The average Bonchev–Trinajstić information content (AvgIpc) is 3.07. The molecule has 28 heavy (non-hydrogen) atoms. The van der Waals surface area contributed by atoms with Crippen LogP contribution in [0.15, 0.2) is 40.7 Å². The zero-order valence-corrected chi connectivity index (χ0v) is 16.1. The van der Waals surface area contributed by atoms with E-state index in [1.54, 1.807) is 30.3 Å². The summed E-state index contributed by atoms with van der Waals surface area (Å²) in [5.41, 5.74) is 11.2. The summed E-state index contributed by atoms with van der Waals surface area (Å²) in [5, 5.41) is 15.7. The number of nitrogens with one attached hydrogen (secondary N) is 2. The Morgan fingerprint density at radius 3 is 2.50 bits per heavy atom. The first kappa shape index (κ1) is 22.9. The number of aromatic nitrogens is 1. The number of thiazole rings is 1. The highest BCUT2D eigenvalue weighted by atomic mass is 35.5. The summed E-state index contributed by atoms with van der Waals surface area (Å²) in [6.07, 6.45) is -0.280. The van der Waals surface area contributed by atoms with E-state index in [0.717, 1.165) is 11.3 Å². The second-order valence-electron chi connectivity index (χ2n) is 5.36. The van der Waals surface area contributed by atoms with Gasteiger partial charge in [-0.05, 0) is 5.56 Å². The first-order valence-corrected chi connectivity index (χ1v) is 8.62. The number of hydrogen-bond donors (Lipinski definition) is 5. The number of carbonyl (C=O) groups excluding carboxylic acids is 2. The molecule has 0 saturated heterocycles. The maximum Gasteiger partial charge on any atom is 0.305 e. The molecule has 0 aliphatic carbocycles. The van der Waals surface area contributed by atoms with E-state index in [9.17, 15) is 14.4 Å². The van der Waals surface area contributed by atoms with Gasteiger partial charge in [0.1, 0.15) is 5.69 Å². The third kappa shape index (κ3) is 7.21. The van der Waals surface area contributed by atoms with E-state index in [0.29, 0.717) is 5.56 Å². The standard InChI is InChI=1S/C16H18N6O4S.ClH/c17-15(18)22-16-21-11(8-27-16)14(26)19-7-12(23)20-10(6-13(24)25)9-4-2-1-3-5-9;/h1-5,8,10H,6-7H2,(H,19,26)(H,20,23)(H,24,25)(H4,17,18,21,22);1H. The summed E-state index contributed by atoms with van der Waals surface area (Å²) >= 11 is 1.07. The van der Waals surface area contributed by atoms with Crippen LogP contribution in [0.3, 0.4) is 0 Å². The van der Waals surface area contributed by atoms with Gasteiger partial charge < -0.3 is 27.2 Å². The van der Waals surface area contributed by atoms with Gasteiger partial charge in [-0.2, -0.15) is 4.99 Å². The van der Waals surface area contributed by atoms with Gasteiger partial charge in [0, 0.05) is 5.38 Å². The molecule has 1 unspecified atom stereocenters. The molecular formula is C16H19ClN6O4S. The number of guanidine groups is 1. The van der Waals surface area contributed by atoms with Gasteiger partial charge in [0.25, 0.3) is 5.91 Å². The molecule has 1 atom stereocenters. The number of aliphatic imine (C=N–C) groups is 1. The van der Waals surface area contributed by atoms with Crippen LogP contribution in [0.25, 0.3) is 0 Å². The number of amides is 2. The fraction of sp³-hybridized carbons (Fsp3) is 0.188. The Labute approximate surface area is 170 Å². The van der Waals surface area contributed by atoms with E-state index >= 15 is 0 Å². The van der Waals surface area contributed by atoms with Crippen LogP contribution in [-0.4, -0.2) is 40.4 Å². The van der Waals surface area contributed by atoms with Crippen LogP contribution in [-0.2, 0) is 9.59 Å². The number of nitrogens with two attached hydrogens (primary N) is 2. The normalized spacial score (nSPS) is 10.9. The van der Waals surface area contributed by atoms with Crippen molar-refractivity contribution in [2.24, 2.45) is 16.5 Å². The Hall–Kier alpha value is -3.18. The predicted octanol–water partition coefficient (Wildman–Crippen LogP) is 0.532. The number of halogens is 1. The van der Waals surface area contributed by atoms with Crippen LogP contribution in [0, 0.1) is 0 Å². The zero-order valence-electron chi connectivity index (χ0n) is 14.5. The van der Waals surface area contributed by atoms with Gasteiger partial charge in [0.15, 0.2) is 5.96 Å². The van der Waals surface area contributed by atoms with Crippen molar-refractivity contribution in [3.05, 3.63) is 47.0 Å². The molecule has 0 aliphatic heterocycles. The van der Waals surface area contributed by atoms with Gasteiger partial charge in [0.05, 0.1) is 19.0 Å². The smallest absolute Gasteiger partial charge is 0.305 e. The number of carboxylic acids is 1. The van der Waals surface area contributed by atoms with Crippen molar-refractivity contribution in [3.63, 3.8) is 0 Å². The molecular weight excluding hydrogens is 408 g/mol. The minimum Gasteiger partial charge on any atom is -0.481 e. The molecule has 1 aromatic carbocycles. The number of rotatable bonds is 8. The lowest BCUT2D eigenvalue weighted by atomic mass is 10.0. The van der Waals surface area contributed by atoms with E-state index in [-0.39, 0.29) is 42.2 Å². The average molecular weight is 427 g/mol. The van der Waals surface area contributed by atoms with Gasteiger partial charge in [-0.15, -0.1) is 23.7 Å². The topological polar surface area (TPSA) is 173 Å². The zero-order chi connectivity index (χ0) is 19.8. The maximum atomic E-state index is 12.1. The van der Waals surface area contributed by atoms with E-state index in [4.69, 9.17) is 16.6 Å². The molecule has 7 N–H and O–H groups in total. The maximum absolute atomic E-state index is 12.1.